The van der Waals surface area contributed by atoms with E-state index in [1.807, 2.05) is 0 Å². The van der Waals surface area contributed by atoms with Crippen molar-refractivity contribution in [2.75, 3.05) is 19.6 Å². The highest BCUT2D eigenvalue weighted by atomic mass is 35.5. The van der Waals surface area contributed by atoms with E-state index in [9.17, 15) is 24.5 Å². The highest BCUT2D eigenvalue weighted by molar-refractivity contribution is 8.18. The van der Waals surface area contributed by atoms with Gasteiger partial charge in [-0.25, -0.2) is 0 Å². The first-order valence-electron chi connectivity index (χ1n) is 7.84. The number of likely N-dealkylation sites (tertiary alicyclic amines) is 1. The molecule has 0 unspecified atom stereocenters. The number of nitrogens with zero attached hydrogens (tertiary/aromatic N) is 3. The summed E-state index contributed by atoms with van der Waals surface area (Å²) < 4.78 is 0. The van der Waals surface area contributed by atoms with E-state index in [0.717, 1.165) is 17.7 Å². The van der Waals surface area contributed by atoms with Crippen molar-refractivity contribution in [3.8, 4) is 0 Å². The van der Waals surface area contributed by atoms with Crippen molar-refractivity contribution in [3.63, 3.8) is 0 Å². The lowest BCUT2D eigenvalue weighted by Gasteiger charge is -2.18. The zero-order valence-corrected chi connectivity index (χ0v) is 15.1. The van der Waals surface area contributed by atoms with E-state index < -0.39 is 16.1 Å². The molecule has 1 aromatic rings. The summed E-state index contributed by atoms with van der Waals surface area (Å²) in [5, 5.41) is 10.6. The summed E-state index contributed by atoms with van der Waals surface area (Å²) in [6.07, 6.45) is 3.16. The van der Waals surface area contributed by atoms with Crippen molar-refractivity contribution >= 4 is 52.2 Å². The van der Waals surface area contributed by atoms with Gasteiger partial charge in [0.15, 0.2) is 0 Å². The number of amides is 3. The molecule has 0 atom stereocenters. The number of carbonyl (C=O) groups is 3. The molecule has 0 aliphatic carbocycles. The van der Waals surface area contributed by atoms with E-state index in [0.29, 0.717) is 24.9 Å². The number of non-ortho nitro benzene ring substituents is 1. The summed E-state index contributed by atoms with van der Waals surface area (Å²) in [7, 11) is 0. The van der Waals surface area contributed by atoms with Crippen molar-refractivity contribution in [1.29, 1.82) is 0 Å². The molecule has 2 fully saturated rings. The maximum Gasteiger partial charge on any atom is 0.294 e. The lowest BCUT2D eigenvalue weighted by Crippen LogP contribution is -2.40. The quantitative estimate of drug-likeness (QED) is 0.441. The Balaban J connectivity index is 1.80. The van der Waals surface area contributed by atoms with Gasteiger partial charge in [0.25, 0.3) is 16.8 Å². The van der Waals surface area contributed by atoms with Gasteiger partial charge in [0.05, 0.1) is 9.83 Å². The summed E-state index contributed by atoms with van der Waals surface area (Å²) in [6, 6.07) is 3.83. The third-order valence-corrected chi connectivity index (χ3v) is 5.35. The summed E-state index contributed by atoms with van der Waals surface area (Å²) >= 11 is 6.71. The van der Waals surface area contributed by atoms with Crippen LogP contribution in [0.25, 0.3) is 6.08 Å². The molecule has 3 amide bonds. The minimum atomic E-state index is -0.602. The van der Waals surface area contributed by atoms with Gasteiger partial charge in [-0.05, 0) is 36.7 Å². The zero-order chi connectivity index (χ0) is 18.8. The number of benzene rings is 1. The fourth-order valence-corrected chi connectivity index (χ4v) is 3.74. The summed E-state index contributed by atoms with van der Waals surface area (Å²) in [5.41, 5.74) is 0.0846. The molecule has 0 saturated carbocycles. The highest BCUT2D eigenvalue weighted by Gasteiger charge is 2.37. The van der Waals surface area contributed by atoms with E-state index in [2.05, 4.69) is 0 Å². The molecule has 26 heavy (non-hydrogen) atoms. The molecule has 2 aliphatic rings. The van der Waals surface area contributed by atoms with Crippen LogP contribution < -0.4 is 0 Å². The van der Waals surface area contributed by atoms with Crippen LogP contribution in [0.5, 0.6) is 0 Å². The molecular formula is C16H14ClN3O5S. The summed E-state index contributed by atoms with van der Waals surface area (Å²) in [6.45, 7) is 0.965. The Kier molecular flexibility index (Phi) is 5.28. The van der Waals surface area contributed by atoms with Crippen molar-refractivity contribution in [2.24, 2.45) is 0 Å². The van der Waals surface area contributed by atoms with Crippen LogP contribution in [0.1, 0.15) is 18.4 Å². The van der Waals surface area contributed by atoms with E-state index in [1.54, 1.807) is 4.90 Å². The first-order valence-corrected chi connectivity index (χ1v) is 9.03. The van der Waals surface area contributed by atoms with Crippen LogP contribution in [-0.2, 0) is 9.59 Å². The second-order valence-electron chi connectivity index (χ2n) is 5.82. The number of hydrogen-bond donors (Lipinski definition) is 0. The van der Waals surface area contributed by atoms with E-state index >= 15 is 0 Å². The molecular weight excluding hydrogens is 382 g/mol. The number of halogens is 1. The molecule has 136 valence electrons. The van der Waals surface area contributed by atoms with Gasteiger partial charge in [0.2, 0.25) is 5.91 Å². The van der Waals surface area contributed by atoms with E-state index in [-0.39, 0.29) is 33.6 Å². The molecule has 1 aromatic carbocycles. The third-order valence-electron chi connectivity index (χ3n) is 4.10. The van der Waals surface area contributed by atoms with Crippen LogP contribution in [0.3, 0.4) is 0 Å². The van der Waals surface area contributed by atoms with Gasteiger partial charge in [-0.15, -0.1) is 0 Å². The molecule has 2 saturated heterocycles. The average molecular weight is 396 g/mol. The average Bonchev–Trinajstić information content (AvgIpc) is 3.21. The second kappa shape index (κ2) is 7.46. The smallest absolute Gasteiger partial charge is 0.294 e. The van der Waals surface area contributed by atoms with Crippen molar-refractivity contribution in [1.82, 2.24) is 9.80 Å². The van der Waals surface area contributed by atoms with Gasteiger partial charge in [-0.1, -0.05) is 11.6 Å². The first-order chi connectivity index (χ1) is 12.4. The monoisotopic (exact) mass is 395 g/mol. The highest BCUT2D eigenvalue weighted by Crippen LogP contribution is 2.34. The van der Waals surface area contributed by atoms with Crippen LogP contribution in [-0.4, -0.2) is 51.4 Å². The summed E-state index contributed by atoms with van der Waals surface area (Å²) in [5.74, 6) is -0.866. The van der Waals surface area contributed by atoms with Crippen LogP contribution in [0, 0.1) is 10.1 Å². The van der Waals surface area contributed by atoms with Crippen LogP contribution >= 0.6 is 23.4 Å². The molecule has 3 rings (SSSR count). The standard InChI is InChI=1S/C16H14ClN3O5S/c17-12-4-3-11(20(24)25)7-10(12)8-13-15(22)19(16(23)26-13)9-14(21)18-5-1-2-6-18/h3-4,7-8H,1-2,5-6,9H2/b13-8-. The normalized spacial score (nSPS) is 18.9. The van der Waals surface area contributed by atoms with Gasteiger partial charge < -0.3 is 4.90 Å². The molecule has 0 bridgehead atoms. The van der Waals surface area contributed by atoms with Gasteiger partial charge >= 0.3 is 0 Å². The minimum Gasteiger partial charge on any atom is -0.341 e. The van der Waals surface area contributed by atoms with Crippen LogP contribution in [0.4, 0.5) is 10.5 Å². The predicted octanol–water partition coefficient (Wildman–Crippen LogP) is 2.91. The molecule has 2 aliphatic heterocycles. The third kappa shape index (κ3) is 3.73. The fraction of sp³-hybridized carbons (Fsp3) is 0.312. The maximum absolute atomic E-state index is 12.5. The van der Waals surface area contributed by atoms with Crippen molar-refractivity contribution < 1.29 is 19.3 Å². The molecule has 0 radical (unpaired) electrons. The number of rotatable bonds is 4. The van der Waals surface area contributed by atoms with E-state index in [4.69, 9.17) is 11.6 Å². The van der Waals surface area contributed by atoms with Gasteiger partial charge in [0.1, 0.15) is 6.54 Å². The number of thioether (sulfide) groups is 1. The fourth-order valence-electron chi connectivity index (χ4n) is 2.73. The number of nitro groups is 1. The Hall–Kier alpha value is -2.39. The molecule has 0 aromatic heterocycles. The Bertz CT molecular complexity index is 835. The molecule has 2 heterocycles. The zero-order valence-electron chi connectivity index (χ0n) is 13.5. The number of hydrogen-bond acceptors (Lipinski definition) is 6. The lowest BCUT2D eigenvalue weighted by atomic mass is 10.2. The SMILES string of the molecule is O=C(CN1C(=O)S/C(=C\c2cc([N+](=O)[O-])ccc2Cl)C1=O)N1CCCC1. The lowest BCUT2D eigenvalue weighted by molar-refractivity contribution is -0.384. The number of imide groups is 1. The largest absolute Gasteiger partial charge is 0.341 e. The molecule has 0 spiro atoms. The van der Waals surface area contributed by atoms with E-state index in [1.165, 1.54) is 24.3 Å². The topological polar surface area (TPSA) is 101 Å². The predicted molar refractivity (Wildman–Crippen MR) is 96.6 cm³/mol. The number of nitro benzene ring substituents is 1. The van der Waals surface area contributed by atoms with Gasteiger partial charge in [0, 0.05) is 35.8 Å². The van der Waals surface area contributed by atoms with Crippen LogP contribution in [0.2, 0.25) is 5.02 Å². The van der Waals surface area contributed by atoms with Gasteiger partial charge in [-0.2, -0.15) is 0 Å². The minimum absolute atomic E-state index is 0.0756. The van der Waals surface area contributed by atoms with Crippen molar-refractivity contribution in [2.45, 2.75) is 12.8 Å². The Morgan fingerprint density at radius 1 is 1.31 bits per heavy atom. The van der Waals surface area contributed by atoms with Crippen molar-refractivity contribution in [3.05, 3.63) is 43.8 Å². The number of carbonyl (C=O) groups excluding carboxylic acids is 3. The first kappa shape index (κ1) is 18.4. The maximum atomic E-state index is 12.5. The van der Waals surface area contributed by atoms with Gasteiger partial charge in [-0.3, -0.25) is 29.4 Å². The summed E-state index contributed by atoms with van der Waals surface area (Å²) in [4.78, 5) is 49.7. The second-order valence-corrected chi connectivity index (χ2v) is 7.22. The Labute approximate surface area is 157 Å². The molecule has 8 nitrogen and oxygen atoms in total. The Morgan fingerprint density at radius 2 is 2.00 bits per heavy atom. The Morgan fingerprint density at radius 3 is 2.65 bits per heavy atom. The van der Waals surface area contributed by atoms with Crippen LogP contribution in [0.15, 0.2) is 23.1 Å². The molecule has 0 N–H and O–H groups in total. The molecule has 10 heteroatoms.